The van der Waals surface area contributed by atoms with Crippen molar-refractivity contribution in [1.29, 1.82) is 0 Å². The Balaban J connectivity index is 1.75. The highest BCUT2D eigenvalue weighted by Gasteiger charge is 2.26. The highest BCUT2D eigenvalue weighted by atomic mass is 19.1. The van der Waals surface area contributed by atoms with Gasteiger partial charge in [0.05, 0.1) is 7.11 Å². The number of likely N-dealkylation sites (tertiary alicyclic amines) is 1. The third-order valence-electron chi connectivity index (χ3n) is 4.07. The molecule has 2 aromatic rings. The molecule has 0 spiro atoms. The number of aromatic nitrogens is 2. The smallest absolute Gasteiger partial charge is 0.253 e. The number of piperidine rings is 1. The summed E-state index contributed by atoms with van der Waals surface area (Å²) in [5.74, 6) is -0.268. The lowest BCUT2D eigenvalue weighted by Crippen LogP contribution is -2.39. The van der Waals surface area contributed by atoms with Crippen molar-refractivity contribution in [3.05, 3.63) is 47.5 Å². The van der Waals surface area contributed by atoms with E-state index in [4.69, 9.17) is 4.74 Å². The third kappa shape index (κ3) is 2.81. The fraction of sp³-hybridized carbons (Fsp3) is 0.375. The lowest BCUT2D eigenvalue weighted by molar-refractivity contribution is 0.0705. The molecule has 0 saturated carbocycles. The summed E-state index contributed by atoms with van der Waals surface area (Å²) in [4.78, 5) is 14.3. The second-order valence-electron chi connectivity index (χ2n) is 5.45. The van der Waals surface area contributed by atoms with Gasteiger partial charge in [0.15, 0.2) is 11.6 Å². The normalized spacial score (nSPS) is 18.3. The minimum Gasteiger partial charge on any atom is -0.494 e. The number of methoxy groups -OCH3 is 1. The molecule has 116 valence electrons. The molecule has 1 unspecified atom stereocenters. The summed E-state index contributed by atoms with van der Waals surface area (Å²) < 4.78 is 18.6. The van der Waals surface area contributed by atoms with Crippen LogP contribution in [0.15, 0.2) is 30.5 Å². The van der Waals surface area contributed by atoms with Crippen LogP contribution >= 0.6 is 0 Å². The Hall–Kier alpha value is -2.37. The molecule has 1 aromatic carbocycles. The van der Waals surface area contributed by atoms with Gasteiger partial charge in [-0.1, -0.05) is 0 Å². The van der Waals surface area contributed by atoms with E-state index in [-0.39, 0.29) is 17.6 Å². The third-order valence-corrected chi connectivity index (χ3v) is 4.07. The molecular weight excluding hydrogens is 285 g/mol. The Morgan fingerprint density at radius 1 is 1.45 bits per heavy atom. The van der Waals surface area contributed by atoms with Crippen molar-refractivity contribution < 1.29 is 13.9 Å². The van der Waals surface area contributed by atoms with Crippen LogP contribution in [0.3, 0.4) is 0 Å². The molecule has 3 rings (SSSR count). The van der Waals surface area contributed by atoms with Crippen molar-refractivity contribution in [3.8, 4) is 5.75 Å². The average Bonchev–Trinajstić information content (AvgIpc) is 3.09. The van der Waals surface area contributed by atoms with E-state index in [0.717, 1.165) is 18.5 Å². The Labute approximate surface area is 128 Å². The lowest BCUT2D eigenvalue weighted by atomic mass is 9.94. The van der Waals surface area contributed by atoms with Gasteiger partial charge >= 0.3 is 0 Å². The van der Waals surface area contributed by atoms with Crippen molar-refractivity contribution in [3.63, 3.8) is 0 Å². The molecule has 2 heterocycles. The summed E-state index contributed by atoms with van der Waals surface area (Å²) >= 11 is 0. The van der Waals surface area contributed by atoms with Gasteiger partial charge in [-0.3, -0.25) is 9.89 Å². The van der Waals surface area contributed by atoms with Crippen LogP contribution in [0.1, 0.15) is 34.8 Å². The van der Waals surface area contributed by atoms with Gasteiger partial charge in [0.1, 0.15) is 0 Å². The van der Waals surface area contributed by atoms with Gasteiger partial charge in [0, 0.05) is 36.5 Å². The molecule has 0 aliphatic carbocycles. The van der Waals surface area contributed by atoms with Crippen LogP contribution in [0.25, 0.3) is 0 Å². The number of carbonyl (C=O) groups is 1. The number of halogens is 1. The average molecular weight is 303 g/mol. The molecule has 1 amide bonds. The SMILES string of the molecule is COc1ccc(C(=O)N2CCCC(c3ccn[nH]3)C2)cc1F. The molecule has 6 heteroatoms. The Morgan fingerprint density at radius 3 is 3.00 bits per heavy atom. The first-order chi connectivity index (χ1) is 10.7. The maximum Gasteiger partial charge on any atom is 0.253 e. The molecule has 1 saturated heterocycles. The van der Waals surface area contributed by atoms with Crippen molar-refractivity contribution >= 4 is 5.91 Å². The number of carbonyl (C=O) groups excluding carboxylic acids is 1. The minimum absolute atomic E-state index is 0.144. The first kappa shape index (κ1) is 14.6. The van der Waals surface area contributed by atoms with E-state index >= 15 is 0 Å². The highest BCUT2D eigenvalue weighted by Crippen LogP contribution is 2.27. The minimum atomic E-state index is -0.518. The van der Waals surface area contributed by atoms with Crippen LogP contribution in [0.5, 0.6) is 5.75 Å². The van der Waals surface area contributed by atoms with Crippen molar-refractivity contribution in [2.45, 2.75) is 18.8 Å². The molecule has 1 aromatic heterocycles. The molecule has 0 bridgehead atoms. The van der Waals surface area contributed by atoms with Crippen LogP contribution in [-0.2, 0) is 0 Å². The Bertz CT molecular complexity index is 657. The van der Waals surface area contributed by atoms with Gasteiger partial charge < -0.3 is 9.64 Å². The van der Waals surface area contributed by atoms with Crippen LogP contribution in [0, 0.1) is 5.82 Å². The van der Waals surface area contributed by atoms with Gasteiger partial charge in [-0.2, -0.15) is 5.10 Å². The number of amides is 1. The van der Waals surface area contributed by atoms with Gasteiger partial charge in [0.2, 0.25) is 0 Å². The summed E-state index contributed by atoms with van der Waals surface area (Å²) in [5, 5.41) is 6.93. The number of H-pyrrole nitrogens is 1. The standard InChI is InChI=1S/C16H18FN3O2/c1-22-15-5-4-11(9-13(15)17)16(21)20-8-2-3-12(10-20)14-6-7-18-19-14/h4-7,9,12H,2-3,8,10H2,1H3,(H,18,19). The van der Waals surface area contributed by atoms with Gasteiger partial charge in [-0.15, -0.1) is 0 Å². The lowest BCUT2D eigenvalue weighted by Gasteiger charge is -2.32. The predicted molar refractivity (Wildman–Crippen MR) is 79.4 cm³/mol. The topological polar surface area (TPSA) is 58.2 Å². The number of benzene rings is 1. The van der Waals surface area contributed by atoms with Crippen molar-refractivity contribution in [1.82, 2.24) is 15.1 Å². The Morgan fingerprint density at radius 2 is 2.32 bits per heavy atom. The maximum atomic E-state index is 13.8. The van der Waals surface area contributed by atoms with Crippen LogP contribution in [0.2, 0.25) is 0 Å². The summed E-state index contributed by atoms with van der Waals surface area (Å²) in [6.45, 7) is 1.31. The molecule has 1 fully saturated rings. The van der Waals surface area contributed by atoms with Gasteiger partial charge in [-0.05, 0) is 37.1 Å². The molecule has 1 aliphatic rings. The summed E-state index contributed by atoms with van der Waals surface area (Å²) in [7, 11) is 1.40. The van der Waals surface area contributed by atoms with E-state index in [2.05, 4.69) is 10.2 Å². The van der Waals surface area contributed by atoms with E-state index in [1.54, 1.807) is 17.2 Å². The number of rotatable bonds is 3. The zero-order chi connectivity index (χ0) is 15.5. The van der Waals surface area contributed by atoms with Gasteiger partial charge in [-0.25, -0.2) is 4.39 Å². The monoisotopic (exact) mass is 303 g/mol. The van der Waals surface area contributed by atoms with Gasteiger partial charge in [0.25, 0.3) is 5.91 Å². The van der Waals surface area contributed by atoms with E-state index < -0.39 is 5.82 Å². The molecular formula is C16H18FN3O2. The maximum absolute atomic E-state index is 13.8. The number of aromatic amines is 1. The van der Waals surface area contributed by atoms with E-state index in [0.29, 0.717) is 18.7 Å². The van der Waals surface area contributed by atoms with Crippen molar-refractivity contribution in [2.24, 2.45) is 0 Å². The summed E-state index contributed by atoms with van der Waals surface area (Å²) in [6.07, 6.45) is 3.66. The van der Waals surface area contributed by atoms with Crippen LogP contribution in [0.4, 0.5) is 4.39 Å². The first-order valence-corrected chi connectivity index (χ1v) is 7.31. The quantitative estimate of drug-likeness (QED) is 0.948. The second-order valence-corrected chi connectivity index (χ2v) is 5.45. The zero-order valence-electron chi connectivity index (χ0n) is 12.4. The summed E-state index contributed by atoms with van der Waals surface area (Å²) in [6, 6.07) is 6.26. The Kier molecular flexibility index (Phi) is 4.09. The number of hydrogen-bond acceptors (Lipinski definition) is 3. The predicted octanol–water partition coefficient (Wildman–Crippen LogP) is 2.58. The molecule has 5 nitrogen and oxygen atoms in total. The fourth-order valence-electron chi connectivity index (χ4n) is 2.89. The van der Waals surface area contributed by atoms with Crippen LogP contribution in [-0.4, -0.2) is 41.2 Å². The molecule has 1 N–H and O–H groups in total. The number of nitrogens with one attached hydrogen (secondary N) is 1. The van der Waals surface area contributed by atoms with E-state index in [1.165, 1.54) is 19.2 Å². The molecule has 1 atom stereocenters. The highest BCUT2D eigenvalue weighted by molar-refractivity contribution is 5.94. The summed E-state index contributed by atoms with van der Waals surface area (Å²) in [5.41, 5.74) is 1.39. The van der Waals surface area contributed by atoms with E-state index in [9.17, 15) is 9.18 Å². The molecule has 0 radical (unpaired) electrons. The second kappa shape index (κ2) is 6.17. The number of ether oxygens (including phenoxy) is 1. The van der Waals surface area contributed by atoms with Crippen molar-refractivity contribution in [2.75, 3.05) is 20.2 Å². The van der Waals surface area contributed by atoms with E-state index in [1.807, 2.05) is 6.07 Å². The number of hydrogen-bond donors (Lipinski definition) is 1. The largest absolute Gasteiger partial charge is 0.494 e. The van der Waals surface area contributed by atoms with Crippen LogP contribution < -0.4 is 4.74 Å². The fourth-order valence-corrected chi connectivity index (χ4v) is 2.89. The zero-order valence-corrected chi connectivity index (χ0v) is 12.4. The first-order valence-electron chi connectivity index (χ1n) is 7.31. The molecule has 1 aliphatic heterocycles. The number of nitrogens with zero attached hydrogens (tertiary/aromatic N) is 2. The molecule has 22 heavy (non-hydrogen) atoms.